The first kappa shape index (κ1) is 22.7. The third-order valence-corrected chi connectivity index (χ3v) is 5.47. The van der Waals surface area contributed by atoms with E-state index in [-0.39, 0.29) is 42.8 Å². The number of pyridine rings is 1. The maximum absolute atomic E-state index is 13.5. The van der Waals surface area contributed by atoms with Crippen LogP contribution in [0.1, 0.15) is 23.2 Å². The number of rotatable bonds is 7. The van der Waals surface area contributed by atoms with Crippen LogP contribution in [0.3, 0.4) is 0 Å². The van der Waals surface area contributed by atoms with Crippen LogP contribution in [0.4, 0.5) is 4.39 Å². The van der Waals surface area contributed by atoms with Gasteiger partial charge in [-0.1, -0.05) is 23.7 Å². The van der Waals surface area contributed by atoms with Gasteiger partial charge in [-0.2, -0.15) is 0 Å². The average Bonchev–Trinajstić information content (AvgIpc) is 2.78. The second kappa shape index (κ2) is 9.56. The molecule has 2 aromatic carbocycles. The molecule has 0 amide bonds. The first-order valence-corrected chi connectivity index (χ1v) is 10.7. The van der Waals surface area contributed by atoms with Gasteiger partial charge in [0.1, 0.15) is 17.2 Å². The lowest BCUT2D eigenvalue weighted by Gasteiger charge is -2.17. The fourth-order valence-corrected chi connectivity index (χ4v) is 3.75. The van der Waals surface area contributed by atoms with Crippen LogP contribution in [-0.2, 0) is 13.0 Å². The molecule has 0 fully saturated rings. The molecule has 33 heavy (non-hydrogen) atoms. The Labute approximate surface area is 193 Å². The van der Waals surface area contributed by atoms with Gasteiger partial charge in [0.25, 0.3) is 5.56 Å². The second-order valence-corrected chi connectivity index (χ2v) is 7.99. The van der Waals surface area contributed by atoms with Gasteiger partial charge in [-0.05, 0) is 55.3 Å². The van der Waals surface area contributed by atoms with Crippen molar-refractivity contribution in [2.24, 2.45) is 0 Å². The molecule has 2 heterocycles. The van der Waals surface area contributed by atoms with Gasteiger partial charge in [0.2, 0.25) is 0 Å². The first-order chi connectivity index (χ1) is 15.9. The van der Waals surface area contributed by atoms with Crippen LogP contribution in [0.2, 0.25) is 5.02 Å². The van der Waals surface area contributed by atoms with E-state index in [1.54, 1.807) is 43.3 Å². The molecule has 0 aliphatic carbocycles. The van der Waals surface area contributed by atoms with Crippen LogP contribution in [0.25, 0.3) is 11.0 Å². The zero-order valence-electron chi connectivity index (χ0n) is 17.8. The summed E-state index contributed by atoms with van der Waals surface area (Å²) in [5, 5.41) is 9.91. The number of aliphatic hydroxyl groups is 1. The van der Waals surface area contributed by atoms with Crippen molar-refractivity contribution < 1.29 is 14.2 Å². The van der Waals surface area contributed by atoms with Crippen LogP contribution in [-0.4, -0.2) is 26.2 Å². The number of ether oxygens (including phenoxy) is 1. The average molecular weight is 470 g/mol. The minimum absolute atomic E-state index is 0.0534. The molecule has 0 aliphatic rings. The number of aromatic nitrogens is 3. The Morgan fingerprint density at radius 2 is 1.82 bits per heavy atom. The lowest BCUT2D eigenvalue weighted by molar-refractivity contribution is 0.278. The molecule has 9 heteroatoms. The highest BCUT2D eigenvalue weighted by Gasteiger charge is 2.21. The van der Waals surface area contributed by atoms with Crippen molar-refractivity contribution >= 4 is 22.6 Å². The third-order valence-electron chi connectivity index (χ3n) is 5.22. The number of aliphatic hydroxyl groups excluding tert-OH is 1. The molecule has 4 rings (SSSR count). The van der Waals surface area contributed by atoms with Gasteiger partial charge in [0, 0.05) is 30.2 Å². The van der Waals surface area contributed by atoms with Gasteiger partial charge in [0.15, 0.2) is 5.75 Å². The zero-order valence-corrected chi connectivity index (χ0v) is 18.5. The van der Waals surface area contributed by atoms with Gasteiger partial charge < -0.3 is 9.84 Å². The Kier molecular flexibility index (Phi) is 6.57. The summed E-state index contributed by atoms with van der Waals surface area (Å²) in [6, 6.07) is 12.7. The number of hydrogen-bond donors (Lipinski definition) is 2. The number of fused-ring (bicyclic) bond motifs is 1. The lowest BCUT2D eigenvalue weighted by atomic mass is 10.0. The summed E-state index contributed by atoms with van der Waals surface area (Å²) in [4.78, 5) is 32.9. The van der Waals surface area contributed by atoms with E-state index in [0.29, 0.717) is 27.8 Å². The van der Waals surface area contributed by atoms with Gasteiger partial charge in [-0.25, -0.2) is 14.2 Å². The van der Waals surface area contributed by atoms with Crippen molar-refractivity contribution in [3.63, 3.8) is 0 Å². The molecule has 7 nitrogen and oxygen atoms in total. The Morgan fingerprint density at radius 1 is 1.12 bits per heavy atom. The maximum atomic E-state index is 13.5. The molecule has 4 aromatic rings. The van der Waals surface area contributed by atoms with E-state index in [1.807, 2.05) is 0 Å². The molecule has 0 atom stereocenters. The Balaban J connectivity index is 1.96. The highest BCUT2D eigenvalue weighted by atomic mass is 35.5. The van der Waals surface area contributed by atoms with E-state index in [2.05, 4.69) is 9.97 Å². The number of benzene rings is 2. The number of nitrogens with zero attached hydrogens (tertiary/aromatic N) is 2. The molecule has 170 valence electrons. The van der Waals surface area contributed by atoms with Crippen LogP contribution in [0, 0.1) is 12.7 Å². The fourth-order valence-electron chi connectivity index (χ4n) is 3.63. The minimum atomic E-state index is -0.605. The van der Waals surface area contributed by atoms with Crippen molar-refractivity contribution in [2.75, 3.05) is 6.61 Å². The van der Waals surface area contributed by atoms with E-state index in [0.717, 1.165) is 10.1 Å². The number of halogens is 2. The molecular weight excluding hydrogens is 449 g/mol. The summed E-state index contributed by atoms with van der Waals surface area (Å²) in [5.41, 5.74) is 0.732. The smallest absolute Gasteiger partial charge is 0.329 e. The molecule has 0 saturated carbocycles. The van der Waals surface area contributed by atoms with Crippen molar-refractivity contribution in [2.45, 2.75) is 26.3 Å². The van der Waals surface area contributed by atoms with Crippen molar-refractivity contribution in [3.8, 4) is 11.5 Å². The quantitative estimate of drug-likeness (QED) is 0.427. The van der Waals surface area contributed by atoms with Crippen LogP contribution < -0.4 is 16.0 Å². The largest absolute Gasteiger partial charge is 0.455 e. The number of nitrogens with one attached hydrogen (secondary N) is 1. The summed E-state index contributed by atoms with van der Waals surface area (Å²) < 4.78 is 20.6. The van der Waals surface area contributed by atoms with E-state index in [4.69, 9.17) is 21.4 Å². The van der Waals surface area contributed by atoms with Crippen LogP contribution >= 0.6 is 11.6 Å². The number of aromatic amines is 1. The molecular formula is C24H21ClFN3O4. The van der Waals surface area contributed by atoms with E-state index in [9.17, 15) is 14.0 Å². The van der Waals surface area contributed by atoms with Gasteiger partial charge >= 0.3 is 5.69 Å². The lowest BCUT2D eigenvalue weighted by Crippen LogP contribution is -2.36. The zero-order chi connectivity index (χ0) is 23.5. The highest BCUT2D eigenvalue weighted by molar-refractivity contribution is 6.30. The predicted molar refractivity (Wildman–Crippen MR) is 124 cm³/mol. The van der Waals surface area contributed by atoms with Crippen LogP contribution in [0.5, 0.6) is 11.5 Å². The van der Waals surface area contributed by atoms with E-state index >= 15 is 0 Å². The molecule has 2 N–H and O–H groups in total. The van der Waals surface area contributed by atoms with Gasteiger partial charge in [0.05, 0.1) is 11.1 Å². The van der Waals surface area contributed by atoms with Gasteiger partial charge in [-0.15, -0.1) is 0 Å². The molecule has 0 bridgehead atoms. The Hall–Kier alpha value is -3.49. The Morgan fingerprint density at radius 3 is 2.48 bits per heavy atom. The Bertz CT molecular complexity index is 1410. The SMILES string of the molecule is Cc1nc2[nH]c(=O)n(CCCO)c(=O)c2c(Cc2ccc(F)cc2)c1Oc1ccc(Cl)cc1. The van der Waals surface area contributed by atoms with Crippen molar-refractivity contribution in [3.05, 3.63) is 97.0 Å². The summed E-state index contributed by atoms with van der Waals surface area (Å²) in [6.45, 7) is 1.61. The molecule has 0 spiro atoms. The van der Waals surface area contributed by atoms with E-state index in [1.165, 1.54) is 12.1 Å². The van der Waals surface area contributed by atoms with E-state index < -0.39 is 11.2 Å². The molecule has 0 radical (unpaired) electrons. The number of hydrogen-bond acceptors (Lipinski definition) is 5. The standard InChI is InChI=1S/C24H21ClFN3O4/c1-14-21(33-18-9-5-16(25)6-10-18)19(13-15-3-7-17(26)8-4-15)20-22(27-14)28-24(32)29(23(20)31)11-2-12-30/h3-10,30H,2,11-13H2,1H3,(H,27,28,32). The summed E-state index contributed by atoms with van der Waals surface area (Å²) >= 11 is 5.98. The molecule has 2 aromatic heterocycles. The summed E-state index contributed by atoms with van der Waals surface area (Å²) in [6.07, 6.45) is 0.486. The third kappa shape index (κ3) is 4.81. The normalized spacial score (nSPS) is 11.2. The minimum Gasteiger partial charge on any atom is -0.455 e. The monoisotopic (exact) mass is 469 g/mol. The number of aryl methyl sites for hydroxylation is 1. The highest BCUT2D eigenvalue weighted by Crippen LogP contribution is 2.33. The van der Waals surface area contributed by atoms with Gasteiger partial charge in [-0.3, -0.25) is 14.3 Å². The molecule has 0 saturated heterocycles. The number of H-pyrrole nitrogens is 1. The summed E-state index contributed by atoms with van der Waals surface area (Å²) in [7, 11) is 0. The van der Waals surface area contributed by atoms with Crippen molar-refractivity contribution in [1.82, 2.24) is 14.5 Å². The second-order valence-electron chi connectivity index (χ2n) is 7.55. The predicted octanol–water partition coefficient (Wildman–Crippen LogP) is 3.95. The maximum Gasteiger partial charge on any atom is 0.329 e. The molecule has 0 unspecified atom stereocenters. The topological polar surface area (TPSA) is 97.2 Å². The van der Waals surface area contributed by atoms with Crippen molar-refractivity contribution in [1.29, 1.82) is 0 Å². The molecule has 0 aliphatic heterocycles. The fraction of sp³-hybridized carbons (Fsp3) is 0.208. The first-order valence-electron chi connectivity index (χ1n) is 10.3. The summed E-state index contributed by atoms with van der Waals surface area (Å²) in [5.74, 6) is 0.490. The van der Waals surface area contributed by atoms with Crippen LogP contribution in [0.15, 0.2) is 58.1 Å².